The van der Waals surface area contributed by atoms with Crippen molar-refractivity contribution in [2.24, 2.45) is 17.3 Å². The molecule has 26 heavy (non-hydrogen) atoms. The molecule has 2 N–H and O–H groups in total. The zero-order chi connectivity index (χ0) is 19.8. The summed E-state index contributed by atoms with van der Waals surface area (Å²) in [5.74, 6) is -1.19. The molecule has 1 aromatic carbocycles. The summed E-state index contributed by atoms with van der Waals surface area (Å²) in [6.07, 6.45) is 1.68. The number of halogens is 1. The zero-order valence-corrected chi connectivity index (χ0v) is 17.5. The average molecular weight is 427 g/mol. The normalized spacial score (nSPS) is 25.5. The fraction of sp³-hybridized carbons (Fsp3) is 0.600. The second kappa shape index (κ2) is 7.59. The van der Waals surface area contributed by atoms with Crippen LogP contribution in [0.3, 0.4) is 0 Å². The number of esters is 1. The second-order valence-electron chi connectivity index (χ2n) is 7.96. The Kier molecular flexibility index (Phi) is 6.06. The van der Waals surface area contributed by atoms with Gasteiger partial charge in [-0.05, 0) is 70.0 Å². The highest BCUT2D eigenvalue weighted by Gasteiger charge is 2.49. The molecule has 6 heteroatoms. The Bertz CT molecular complexity index is 727. The molecule has 3 atom stereocenters. The van der Waals surface area contributed by atoms with E-state index in [1.807, 2.05) is 19.9 Å². The average Bonchev–Trinajstić information content (AvgIpc) is 2.87. The zero-order valence-electron chi connectivity index (χ0n) is 15.9. The summed E-state index contributed by atoms with van der Waals surface area (Å²) in [6, 6.07) is 1.89. The van der Waals surface area contributed by atoms with Crippen LogP contribution in [0.2, 0.25) is 0 Å². The molecule has 1 aromatic rings. The minimum Gasteiger partial charge on any atom is -0.506 e. The highest BCUT2D eigenvalue weighted by Crippen LogP contribution is 2.58. The molecule has 1 aliphatic carbocycles. The molecular formula is C20H27BrO5. The molecule has 0 saturated heterocycles. The van der Waals surface area contributed by atoms with E-state index < -0.39 is 17.4 Å². The molecule has 0 radical (unpaired) electrons. The summed E-state index contributed by atoms with van der Waals surface area (Å²) in [4.78, 5) is 24.0. The van der Waals surface area contributed by atoms with E-state index in [0.29, 0.717) is 16.0 Å². The van der Waals surface area contributed by atoms with E-state index in [1.165, 1.54) is 7.11 Å². The molecule has 144 valence electrons. The first-order chi connectivity index (χ1) is 12.0. The summed E-state index contributed by atoms with van der Waals surface area (Å²) >= 11 is 3.33. The Morgan fingerprint density at radius 1 is 1.42 bits per heavy atom. The molecule has 0 spiro atoms. The highest BCUT2D eigenvalue weighted by molar-refractivity contribution is 9.10. The number of phenolic OH excluding ortho intramolecular Hbond substituents is 1. The molecule has 0 aromatic heterocycles. The van der Waals surface area contributed by atoms with Gasteiger partial charge in [-0.3, -0.25) is 4.79 Å². The predicted molar refractivity (Wildman–Crippen MR) is 103 cm³/mol. The Balaban J connectivity index is 2.75. The molecule has 1 fully saturated rings. The lowest BCUT2D eigenvalue weighted by molar-refractivity contribution is -0.139. The van der Waals surface area contributed by atoms with Crippen molar-refractivity contribution in [2.45, 2.75) is 52.9 Å². The number of carbonyl (C=O) groups is 2. The van der Waals surface area contributed by atoms with Gasteiger partial charge in [0.15, 0.2) is 0 Å². The summed E-state index contributed by atoms with van der Waals surface area (Å²) in [6.45, 7) is 8.06. The fourth-order valence-corrected chi connectivity index (χ4v) is 4.88. The highest BCUT2D eigenvalue weighted by atomic mass is 79.9. The van der Waals surface area contributed by atoms with Gasteiger partial charge in [0.2, 0.25) is 0 Å². The van der Waals surface area contributed by atoms with E-state index in [9.17, 15) is 19.8 Å². The number of rotatable bonds is 5. The first kappa shape index (κ1) is 20.7. The van der Waals surface area contributed by atoms with Crippen molar-refractivity contribution >= 4 is 27.9 Å². The standard InChI is InChI=1S/C20H27BrO5/c1-10(2)12-6-7-20(4,9-14(22)23)16(12)13-8-11(3)17(21)18(24)15(13)19(25)26-5/h8,10,12,16,24H,6-7,9H2,1-5H3,(H,22,23)/t12-,16-,20+/m1/s1. The molecular weight excluding hydrogens is 400 g/mol. The molecule has 0 aliphatic heterocycles. The summed E-state index contributed by atoms with van der Waals surface area (Å²) < 4.78 is 5.38. The van der Waals surface area contributed by atoms with Gasteiger partial charge in [-0.2, -0.15) is 0 Å². The first-order valence-corrected chi connectivity index (χ1v) is 9.64. The summed E-state index contributed by atoms with van der Waals surface area (Å²) in [5, 5.41) is 20.1. The minimum absolute atomic E-state index is 0.0252. The van der Waals surface area contributed by atoms with Crippen LogP contribution in [-0.2, 0) is 9.53 Å². The Hall–Kier alpha value is -1.56. The van der Waals surface area contributed by atoms with Gasteiger partial charge in [0, 0.05) is 0 Å². The molecule has 5 nitrogen and oxygen atoms in total. The Morgan fingerprint density at radius 2 is 2.04 bits per heavy atom. The van der Waals surface area contributed by atoms with Crippen LogP contribution in [0.1, 0.15) is 67.4 Å². The maximum Gasteiger partial charge on any atom is 0.341 e. The number of aromatic hydroxyl groups is 1. The van der Waals surface area contributed by atoms with Crippen molar-refractivity contribution in [2.75, 3.05) is 7.11 Å². The lowest BCUT2D eigenvalue weighted by Gasteiger charge is -2.36. The van der Waals surface area contributed by atoms with Gasteiger partial charge in [-0.15, -0.1) is 0 Å². The Labute approximate surface area is 162 Å². The van der Waals surface area contributed by atoms with Gasteiger partial charge in [-0.1, -0.05) is 26.8 Å². The SMILES string of the molecule is COC(=O)c1c([C@H]2[C@@H](C(C)C)CC[C@@]2(C)CC(=O)O)cc(C)c(Br)c1O. The van der Waals surface area contributed by atoms with Gasteiger partial charge in [-0.25, -0.2) is 4.79 Å². The lowest BCUT2D eigenvalue weighted by atomic mass is 9.67. The molecule has 0 heterocycles. The maximum atomic E-state index is 12.5. The molecule has 1 aliphatic rings. The van der Waals surface area contributed by atoms with Crippen LogP contribution in [0.5, 0.6) is 5.75 Å². The van der Waals surface area contributed by atoms with Crippen LogP contribution in [0, 0.1) is 24.2 Å². The number of hydrogen-bond donors (Lipinski definition) is 2. The molecule has 2 rings (SSSR count). The maximum absolute atomic E-state index is 12.5. The van der Waals surface area contributed by atoms with E-state index in [1.54, 1.807) is 0 Å². The number of hydrogen-bond acceptors (Lipinski definition) is 4. The van der Waals surface area contributed by atoms with Crippen molar-refractivity contribution in [3.63, 3.8) is 0 Å². The number of carboxylic acid groups (broad SMARTS) is 1. The third-order valence-electron chi connectivity index (χ3n) is 5.82. The van der Waals surface area contributed by atoms with Crippen LogP contribution >= 0.6 is 15.9 Å². The largest absolute Gasteiger partial charge is 0.506 e. The summed E-state index contributed by atoms with van der Waals surface area (Å²) in [5.41, 5.74) is 1.14. The van der Waals surface area contributed by atoms with Crippen LogP contribution in [0.15, 0.2) is 10.5 Å². The smallest absolute Gasteiger partial charge is 0.341 e. The van der Waals surface area contributed by atoms with E-state index in [0.717, 1.165) is 18.4 Å². The van der Waals surface area contributed by atoms with Crippen molar-refractivity contribution in [1.29, 1.82) is 0 Å². The number of methoxy groups -OCH3 is 1. The molecule has 0 bridgehead atoms. The number of phenols is 1. The monoisotopic (exact) mass is 426 g/mol. The predicted octanol–water partition coefficient (Wildman–Crippen LogP) is 4.88. The number of benzene rings is 1. The van der Waals surface area contributed by atoms with E-state index >= 15 is 0 Å². The Morgan fingerprint density at radius 3 is 2.54 bits per heavy atom. The lowest BCUT2D eigenvalue weighted by Crippen LogP contribution is -2.30. The van der Waals surface area contributed by atoms with Crippen molar-refractivity contribution in [3.8, 4) is 5.75 Å². The number of ether oxygens (including phenoxy) is 1. The van der Waals surface area contributed by atoms with Crippen molar-refractivity contribution in [1.82, 2.24) is 0 Å². The van der Waals surface area contributed by atoms with Gasteiger partial charge >= 0.3 is 11.9 Å². The van der Waals surface area contributed by atoms with Gasteiger partial charge in [0.25, 0.3) is 0 Å². The third-order valence-corrected chi connectivity index (χ3v) is 6.82. The quantitative estimate of drug-likeness (QED) is 0.655. The summed E-state index contributed by atoms with van der Waals surface area (Å²) in [7, 11) is 1.28. The second-order valence-corrected chi connectivity index (χ2v) is 8.75. The van der Waals surface area contributed by atoms with Crippen molar-refractivity contribution < 1.29 is 24.5 Å². The first-order valence-electron chi connectivity index (χ1n) is 8.85. The van der Waals surface area contributed by atoms with E-state index in [2.05, 4.69) is 29.8 Å². The number of carboxylic acids is 1. The van der Waals surface area contributed by atoms with Crippen LogP contribution < -0.4 is 0 Å². The molecule has 1 saturated carbocycles. The van der Waals surface area contributed by atoms with Gasteiger partial charge in [0.05, 0.1) is 18.0 Å². The third kappa shape index (κ3) is 3.61. The van der Waals surface area contributed by atoms with Crippen LogP contribution in [0.25, 0.3) is 0 Å². The van der Waals surface area contributed by atoms with Crippen molar-refractivity contribution in [3.05, 3.63) is 27.2 Å². The number of carbonyl (C=O) groups excluding carboxylic acids is 1. The van der Waals surface area contributed by atoms with Crippen LogP contribution in [-0.4, -0.2) is 29.3 Å². The molecule has 0 unspecified atom stereocenters. The molecule has 0 amide bonds. The van der Waals surface area contributed by atoms with Crippen LogP contribution in [0.4, 0.5) is 0 Å². The fourth-order valence-electron chi connectivity index (χ4n) is 4.57. The van der Waals surface area contributed by atoms with Gasteiger partial charge < -0.3 is 14.9 Å². The number of aryl methyl sites for hydroxylation is 1. The number of aliphatic carboxylic acids is 1. The topological polar surface area (TPSA) is 83.8 Å². The van der Waals surface area contributed by atoms with E-state index in [-0.39, 0.29) is 29.6 Å². The van der Waals surface area contributed by atoms with Gasteiger partial charge in [0.1, 0.15) is 11.3 Å². The minimum atomic E-state index is -0.848. The van der Waals surface area contributed by atoms with E-state index in [4.69, 9.17) is 4.74 Å².